The summed E-state index contributed by atoms with van der Waals surface area (Å²) in [4.78, 5) is 11.7. The molecule has 1 rings (SSSR count). The van der Waals surface area contributed by atoms with Crippen LogP contribution >= 0.6 is 0 Å². The minimum Gasteiger partial charge on any atom is -0.272 e. The van der Waals surface area contributed by atoms with Crippen molar-refractivity contribution in [3.8, 4) is 0 Å². The molecule has 0 aliphatic heterocycles. The molecular formula is C10H18N4O. The third kappa shape index (κ3) is 3.42. The van der Waals surface area contributed by atoms with Crippen LogP contribution in [0.2, 0.25) is 0 Å². The standard InChI is InChI=1S/C10H18N4O/c1-7(2)5-9-11-12-13-14(9)10(15)6-8(3)4/h7-8H,5-6H2,1-4H3. The molecule has 0 spiro atoms. The van der Waals surface area contributed by atoms with E-state index in [1.165, 1.54) is 4.68 Å². The van der Waals surface area contributed by atoms with Crippen molar-refractivity contribution in [1.82, 2.24) is 20.2 Å². The summed E-state index contributed by atoms with van der Waals surface area (Å²) in [6.07, 6.45) is 1.22. The Labute approximate surface area is 89.9 Å². The maximum atomic E-state index is 11.7. The highest BCUT2D eigenvalue weighted by molar-refractivity contribution is 5.78. The first-order valence-corrected chi connectivity index (χ1v) is 5.31. The van der Waals surface area contributed by atoms with Gasteiger partial charge >= 0.3 is 0 Å². The fourth-order valence-corrected chi connectivity index (χ4v) is 1.33. The molecule has 0 aromatic carbocycles. The molecule has 0 unspecified atom stereocenters. The second-order valence-corrected chi connectivity index (χ2v) is 4.60. The van der Waals surface area contributed by atoms with Gasteiger partial charge in [0.25, 0.3) is 0 Å². The number of aromatic nitrogens is 4. The number of carbonyl (C=O) groups excluding carboxylic acids is 1. The highest BCUT2D eigenvalue weighted by Crippen LogP contribution is 2.07. The van der Waals surface area contributed by atoms with E-state index in [9.17, 15) is 4.79 Å². The van der Waals surface area contributed by atoms with Crippen LogP contribution in [0, 0.1) is 11.8 Å². The Morgan fingerprint density at radius 3 is 2.47 bits per heavy atom. The van der Waals surface area contributed by atoms with Crippen LogP contribution < -0.4 is 0 Å². The average Bonchev–Trinajstić information content (AvgIpc) is 2.49. The number of hydrogen-bond donors (Lipinski definition) is 0. The van der Waals surface area contributed by atoms with Crippen molar-refractivity contribution in [1.29, 1.82) is 0 Å². The zero-order valence-corrected chi connectivity index (χ0v) is 9.77. The summed E-state index contributed by atoms with van der Waals surface area (Å²) in [6.45, 7) is 8.16. The first-order chi connectivity index (χ1) is 7.00. The second-order valence-electron chi connectivity index (χ2n) is 4.60. The summed E-state index contributed by atoms with van der Waals surface area (Å²) < 4.78 is 1.33. The summed E-state index contributed by atoms with van der Waals surface area (Å²) in [5.41, 5.74) is 0. The number of nitrogens with zero attached hydrogens (tertiary/aromatic N) is 4. The lowest BCUT2D eigenvalue weighted by molar-refractivity contribution is 0.0863. The third-order valence-corrected chi connectivity index (χ3v) is 1.94. The smallest absolute Gasteiger partial charge is 0.250 e. The van der Waals surface area contributed by atoms with Crippen LogP contribution in [-0.4, -0.2) is 26.1 Å². The lowest BCUT2D eigenvalue weighted by atomic mass is 10.1. The van der Waals surface area contributed by atoms with E-state index in [2.05, 4.69) is 29.4 Å². The van der Waals surface area contributed by atoms with Gasteiger partial charge in [-0.1, -0.05) is 27.7 Å². The maximum Gasteiger partial charge on any atom is 0.250 e. The maximum absolute atomic E-state index is 11.7. The second kappa shape index (κ2) is 5.00. The van der Waals surface area contributed by atoms with Gasteiger partial charge in [0.1, 0.15) is 0 Å². The van der Waals surface area contributed by atoms with Crippen LogP contribution in [0.3, 0.4) is 0 Å². The van der Waals surface area contributed by atoms with E-state index >= 15 is 0 Å². The highest BCUT2D eigenvalue weighted by atomic mass is 16.2. The van der Waals surface area contributed by atoms with Crippen molar-refractivity contribution in [3.63, 3.8) is 0 Å². The van der Waals surface area contributed by atoms with Crippen LogP contribution in [0.1, 0.15) is 44.7 Å². The quantitative estimate of drug-likeness (QED) is 0.707. The number of carbonyl (C=O) groups is 1. The van der Waals surface area contributed by atoms with Crippen LogP contribution in [0.4, 0.5) is 0 Å². The lowest BCUT2D eigenvalue weighted by Gasteiger charge is -2.06. The number of rotatable bonds is 4. The largest absolute Gasteiger partial charge is 0.272 e. The van der Waals surface area contributed by atoms with E-state index in [1.54, 1.807) is 0 Å². The summed E-state index contributed by atoms with van der Waals surface area (Å²) >= 11 is 0. The van der Waals surface area contributed by atoms with Crippen molar-refractivity contribution in [3.05, 3.63) is 5.82 Å². The van der Waals surface area contributed by atoms with E-state index in [-0.39, 0.29) is 5.91 Å². The molecule has 15 heavy (non-hydrogen) atoms. The molecule has 0 radical (unpaired) electrons. The molecule has 0 aliphatic rings. The van der Waals surface area contributed by atoms with Gasteiger partial charge in [-0.05, 0) is 22.3 Å². The molecule has 0 saturated carbocycles. The van der Waals surface area contributed by atoms with Crippen molar-refractivity contribution in [2.75, 3.05) is 0 Å². The summed E-state index contributed by atoms with van der Waals surface area (Å²) in [5, 5.41) is 11.1. The Balaban J connectivity index is 2.76. The Hall–Kier alpha value is -1.26. The topological polar surface area (TPSA) is 60.7 Å². The fraction of sp³-hybridized carbons (Fsp3) is 0.800. The van der Waals surface area contributed by atoms with Crippen LogP contribution in [0.5, 0.6) is 0 Å². The lowest BCUT2D eigenvalue weighted by Crippen LogP contribution is -2.18. The molecule has 0 aliphatic carbocycles. The first-order valence-electron chi connectivity index (χ1n) is 5.31. The third-order valence-electron chi connectivity index (χ3n) is 1.94. The zero-order chi connectivity index (χ0) is 11.4. The normalized spacial score (nSPS) is 11.3. The first kappa shape index (κ1) is 11.8. The molecule has 0 fully saturated rings. The Bertz CT molecular complexity index is 330. The van der Waals surface area contributed by atoms with E-state index < -0.39 is 0 Å². The van der Waals surface area contributed by atoms with Gasteiger partial charge in [-0.15, -0.1) is 5.10 Å². The molecular weight excluding hydrogens is 192 g/mol. The van der Waals surface area contributed by atoms with Crippen LogP contribution in [0.15, 0.2) is 0 Å². The van der Waals surface area contributed by atoms with E-state index in [0.717, 1.165) is 6.42 Å². The fourth-order valence-electron chi connectivity index (χ4n) is 1.33. The molecule has 0 amide bonds. The van der Waals surface area contributed by atoms with Gasteiger partial charge in [0.05, 0.1) is 0 Å². The van der Waals surface area contributed by atoms with Gasteiger partial charge < -0.3 is 0 Å². The Morgan fingerprint density at radius 2 is 1.93 bits per heavy atom. The van der Waals surface area contributed by atoms with E-state index in [0.29, 0.717) is 24.1 Å². The molecule has 5 nitrogen and oxygen atoms in total. The van der Waals surface area contributed by atoms with Gasteiger partial charge in [0.15, 0.2) is 5.82 Å². The molecule has 1 aromatic rings. The summed E-state index contributed by atoms with van der Waals surface area (Å²) in [6, 6.07) is 0. The zero-order valence-electron chi connectivity index (χ0n) is 9.77. The molecule has 0 saturated heterocycles. The molecule has 5 heteroatoms. The van der Waals surface area contributed by atoms with Gasteiger partial charge in [-0.2, -0.15) is 4.68 Å². The van der Waals surface area contributed by atoms with Crippen LogP contribution in [-0.2, 0) is 6.42 Å². The molecule has 0 atom stereocenters. The summed E-state index contributed by atoms with van der Waals surface area (Å²) in [7, 11) is 0. The van der Waals surface area contributed by atoms with Crippen molar-refractivity contribution >= 4 is 5.91 Å². The number of tetrazole rings is 1. The van der Waals surface area contributed by atoms with Crippen LogP contribution in [0.25, 0.3) is 0 Å². The van der Waals surface area contributed by atoms with Gasteiger partial charge in [-0.3, -0.25) is 4.79 Å². The van der Waals surface area contributed by atoms with Crippen molar-refractivity contribution in [2.24, 2.45) is 11.8 Å². The molecule has 0 N–H and O–H groups in total. The predicted molar refractivity (Wildman–Crippen MR) is 56.4 cm³/mol. The van der Waals surface area contributed by atoms with Gasteiger partial charge in [-0.25, -0.2) is 0 Å². The average molecular weight is 210 g/mol. The van der Waals surface area contributed by atoms with Gasteiger partial charge in [0.2, 0.25) is 5.91 Å². The monoisotopic (exact) mass is 210 g/mol. The Morgan fingerprint density at radius 1 is 1.27 bits per heavy atom. The van der Waals surface area contributed by atoms with Crippen molar-refractivity contribution < 1.29 is 4.79 Å². The van der Waals surface area contributed by atoms with Gasteiger partial charge in [0, 0.05) is 12.8 Å². The SMILES string of the molecule is CC(C)CC(=O)n1nnnc1CC(C)C. The van der Waals surface area contributed by atoms with E-state index in [1.807, 2.05) is 13.8 Å². The van der Waals surface area contributed by atoms with Crippen molar-refractivity contribution in [2.45, 2.75) is 40.5 Å². The predicted octanol–water partition coefficient (Wildman–Crippen LogP) is 1.56. The highest BCUT2D eigenvalue weighted by Gasteiger charge is 2.15. The number of hydrogen-bond acceptors (Lipinski definition) is 4. The molecule has 1 heterocycles. The minimum atomic E-state index is -0.0225. The molecule has 84 valence electrons. The summed E-state index contributed by atoms with van der Waals surface area (Å²) in [5.74, 6) is 1.41. The minimum absolute atomic E-state index is 0.0225. The molecule has 1 aromatic heterocycles. The van der Waals surface area contributed by atoms with E-state index in [4.69, 9.17) is 0 Å². The Kier molecular flexibility index (Phi) is 3.94. The molecule has 0 bridgehead atoms.